The first-order valence-corrected chi connectivity index (χ1v) is 9.39. The molecule has 1 aliphatic rings. The minimum atomic E-state index is -0.223. The summed E-state index contributed by atoms with van der Waals surface area (Å²) in [6.45, 7) is 6.74. The van der Waals surface area contributed by atoms with Crippen molar-refractivity contribution in [2.24, 2.45) is 5.92 Å². The highest BCUT2D eigenvalue weighted by Crippen LogP contribution is 2.29. The Bertz CT molecular complexity index is 972. The van der Waals surface area contributed by atoms with Gasteiger partial charge in [-0.2, -0.15) is 5.10 Å². The summed E-state index contributed by atoms with van der Waals surface area (Å²) in [5.74, 6) is 1.17. The summed E-state index contributed by atoms with van der Waals surface area (Å²) in [7, 11) is 0. The van der Waals surface area contributed by atoms with E-state index in [1.165, 1.54) is 5.56 Å². The highest BCUT2D eigenvalue weighted by atomic mass is 16.5. The van der Waals surface area contributed by atoms with Gasteiger partial charge in [0, 0.05) is 12.0 Å². The van der Waals surface area contributed by atoms with Crippen LogP contribution in [-0.2, 0) is 19.4 Å². The lowest BCUT2D eigenvalue weighted by atomic mass is 9.88. The molecule has 1 unspecified atom stereocenters. The maximum Gasteiger partial charge on any atom is 0.278 e. The third-order valence-corrected chi connectivity index (χ3v) is 5.30. The van der Waals surface area contributed by atoms with E-state index >= 15 is 0 Å². The van der Waals surface area contributed by atoms with Gasteiger partial charge in [0.1, 0.15) is 5.76 Å². The standard InChI is InChI=1S/C21H24N4O2/c1-13-9-10-18-17(11-13)20(24-27-18)21(26)22-19-14(2)23-25(15(19)3)12-16-7-5-4-6-8-16/h4-8,13H,9-12H2,1-3H3,(H,22,26). The van der Waals surface area contributed by atoms with Crippen molar-refractivity contribution >= 4 is 11.6 Å². The minimum absolute atomic E-state index is 0.223. The molecular formula is C21H24N4O2. The number of aromatic nitrogens is 3. The Labute approximate surface area is 158 Å². The van der Waals surface area contributed by atoms with Gasteiger partial charge in [-0.05, 0) is 38.2 Å². The number of carbonyl (C=O) groups is 1. The summed E-state index contributed by atoms with van der Waals surface area (Å²) in [4.78, 5) is 12.9. The van der Waals surface area contributed by atoms with E-state index in [-0.39, 0.29) is 5.91 Å². The van der Waals surface area contributed by atoms with Crippen LogP contribution in [0.3, 0.4) is 0 Å². The average Bonchev–Trinajstić information content (AvgIpc) is 3.18. The van der Waals surface area contributed by atoms with Crippen LogP contribution in [0.15, 0.2) is 34.9 Å². The van der Waals surface area contributed by atoms with Crippen LogP contribution in [0, 0.1) is 19.8 Å². The number of rotatable bonds is 4. The molecule has 0 spiro atoms. The fraction of sp³-hybridized carbons (Fsp3) is 0.381. The summed E-state index contributed by atoms with van der Waals surface area (Å²) in [5, 5.41) is 11.7. The second-order valence-corrected chi connectivity index (χ2v) is 7.42. The van der Waals surface area contributed by atoms with Gasteiger partial charge in [0.2, 0.25) is 0 Å². The smallest absolute Gasteiger partial charge is 0.278 e. The van der Waals surface area contributed by atoms with Crippen molar-refractivity contribution in [1.29, 1.82) is 0 Å². The van der Waals surface area contributed by atoms with Crippen molar-refractivity contribution in [3.05, 3.63) is 64.3 Å². The van der Waals surface area contributed by atoms with Crippen LogP contribution >= 0.6 is 0 Å². The number of amides is 1. The second kappa shape index (κ2) is 7.02. The zero-order chi connectivity index (χ0) is 19.0. The molecule has 3 aromatic rings. The first kappa shape index (κ1) is 17.5. The Balaban J connectivity index is 1.56. The highest BCUT2D eigenvalue weighted by molar-refractivity contribution is 6.04. The number of fused-ring (bicyclic) bond motifs is 1. The van der Waals surface area contributed by atoms with Gasteiger partial charge in [-0.1, -0.05) is 42.4 Å². The molecule has 1 aliphatic carbocycles. The molecule has 1 N–H and O–H groups in total. The lowest BCUT2D eigenvalue weighted by Gasteiger charge is -2.16. The number of carbonyl (C=O) groups excluding carboxylic acids is 1. The number of aryl methyl sites for hydroxylation is 2. The van der Waals surface area contributed by atoms with E-state index in [1.54, 1.807) is 0 Å². The Morgan fingerprint density at radius 3 is 2.85 bits per heavy atom. The van der Waals surface area contributed by atoms with Gasteiger partial charge in [-0.3, -0.25) is 9.48 Å². The molecule has 140 valence electrons. The first-order chi connectivity index (χ1) is 13.0. The van der Waals surface area contributed by atoms with Crippen molar-refractivity contribution < 1.29 is 9.32 Å². The molecule has 0 saturated heterocycles. The molecule has 0 bridgehead atoms. The number of hydrogen-bond donors (Lipinski definition) is 1. The molecule has 1 amide bonds. The van der Waals surface area contributed by atoms with Crippen LogP contribution in [-0.4, -0.2) is 20.8 Å². The Kier molecular flexibility index (Phi) is 4.56. The van der Waals surface area contributed by atoms with Gasteiger partial charge in [-0.25, -0.2) is 0 Å². The van der Waals surface area contributed by atoms with Crippen LogP contribution in [0.1, 0.15) is 52.1 Å². The van der Waals surface area contributed by atoms with E-state index in [1.807, 2.05) is 36.7 Å². The Morgan fingerprint density at radius 1 is 1.30 bits per heavy atom. The lowest BCUT2D eigenvalue weighted by Crippen LogP contribution is -2.18. The lowest BCUT2D eigenvalue weighted by molar-refractivity contribution is 0.101. The SMILES string of the molecule is Cc1nn(Cc2ccccc2)c(C)c1NC(=O)c1noc2c1CC(C)CC2. The van der Waals surface area contributed by atoms with Gasteiger partial charge in [0.15, 0.2) is 5.69 Å². The minimum Gasteiger partial charge on any atom is -0.360 e. The Morgan fingerprint density at radius 2 is 2.07 bits per heavy atom. The summed E-state index contributed by atoms with van der Waals surface area (Å²) < 4.78 is 7.32. The fourth-order valence-corrected chi connectivity index (χ4v) is 3.72. The van der Waals surface area contributed by atoms with E-state index < -0.39 is 0 Å². The van der Waals surface area contributed by atoms with Crippen molar-refractivity contribution in [3.63, 3.8) is 0 Å². The zero-order valence-corrected chi connectivity index (χ0v) is 16.0. The maximum absolute atomic E-state index is 12.9. The summed E-state index contributed by atoms with van der Waals surface area (Å²) in [6.07, 6.45) is 2.77. The van der Waals surface area contributed by atoms with E-state index in [0.29, 0.717) is 18.2 Å². The maximum atomic E-state index is 12.9. The Hall–Kier alpha value is -2.89. The van der Waals surface area contributed by atoms with Gasteiger partial charge in [-0.15, -0.1) is 0 Å². The average molecular weight is 364 g/mol. The third kappa shape index (κ3) is 3.39. The van der Waals surface area contributed by atoms with Crippen LogP contribution in [0.4, 0.5) is 5.69 Å². The topological polar surface area (TPSA) is 73.0 Å². The molecule has 0 aliphatic heterocycles. The second-order valence-electron chi connectivity index (χ2n) is 7.42. The summed E-state index contributed by atoms with van der Waals surface area (Å²) in [5.41, 5.74) is 5.00. The number of nitrogens with zero attached hydrogens (tertiary/aromatic N) is 3. The molecule has 1 atom stereocenters. The molecule has 27 heavy (non-hydrogen) atoms. The van der Waals surface area contributed by atoms with E-state index in [2.05, 4.69) is 34.6 Å². The van der Waals surface area contributed by atoms with Gasteiger partial charge in [0.05, 0.1) is 23.6 Å². The molecule has 0 saturated carbocycles. The first-order valence-electron chi connectivity index (χ1n) is 9.39. The van der Waals surface area contributed by atoms with E-state index in [4.69, 9.17) is 4.52 Å². The largest absolute Gasteiger partial charge is 0.360 e. The fourth-order valence-electron chi connectivity index (χ4n) is 3.72. The van der Waals surface area contributed by atoms with Crippen LogP contribution in [0.25, 0.3) is 0 Å². The molecule has 2 aromatic heterocycles. The van der Waals surface area contributed by atoms with Gasteiger partial charge < -0.3 is 9.84 Å². The van der Waals surface area contributed by atoms with E-state index in [9.17, 15) is 4.79 Å². The molecule has 1 aromatic carbocycles. The predicted molar refractivity (Wildman–Crippen MR) is 103 cm³/mol. The van der Waals surface area contributed by atoms with Crippen molar-refractivity contribution in [2.75, 3.05) is 5.32 Å². The zero-order valence-electron chi connectivity index (χ0n) is 16.0. The molecule has 4 rings (SSSR count). The predicted octanol–water partition coefficient (Wildman–Crippen LogP) is 3.91. The van der Waals surface area contributed by atoms with Crippen molar-refractivity contribution in [3.8, 4) is 0 Å². The van der Waals surface area contributed by atoms with Gasteiger partial charge >= 0.3 is 0 Å². The molecule has 6 heteroatoms. The van der Waals surface area contributed by atoms with Crippen LogP contribution < -0.4 is 5.32 Å². The quantitative estimate of drug-likeness (QED) is 0.762. The summed E-state index contributed by atoms with van der Waals surface area (Å²) in [6, 6.07) is 10.2. The number of nitrogens with one attached hydrogen (secondary N) is 1. The van der Waals surface area contributed by atoms with Crippen molar-refractivity contribution in [2.45, 2.75) is 46.6 Å². The number of hydrogen-bond acceptors (Lipinski definition) is 4. The normalized spacial score (nSPS) is 16.2. The molecule has 6 nitrogen and oxygen atoms in total. The van der Waals surface area contributed by atoms with Crippen LogP contribution in [0.5, 0.6) is 0 Å². The molecule has 0 fully saturated rings. The van der Waals surface area contributed by atoms with Crippen molar-refractivity contribution in [1.82, 2.24) is 14.9 Å². The highest BCUT2D eigenvalue weighted by Gasteiger charge is 2.27. The summed E-state index contributed by atoms with van der Waals surface area (Å²) >= 11 is 0. The third-order valence-electron chi connectivity index (χ3n) is 5.30. The number of benzene rings is 1. The monoisotopic (exact) mass is 364 g/mol. The molecular weight excluding hydrogens is 340 g/mol. The van der Waals surface area contributed by atoms with E-state index in [0.717, 1.165) is 47.7 Å². The van der Waals surface area contributed by atoms with Crippen LogP contribution in [0.2, 0.25) is 0 Å². The molecule has 2 heterocycles. The van der Waals surface area contributed by atoms with Gasteiger partial charge in [0.25, 0.3) is 5.91 Å². The molecule has 0 radical (unpaired) electrons. The number of anilines is 1.